The van der Waals surface area contributed by atoms with Gasteiger partial charge in [-0.2, -0.15) is 18.3 Å². The van der Waals surface area contributed by atoms with E-state index in [9.17, 15) is 18.0 Å². The van der Waals surface area contributed by atoms with E-state index in [1.165, 1.54) is 14.2 Å². The summed E-state index contributed by atoms with van der Waals surface area (Å²) in [7, 11) is 2.92. The van der Waals surface area contributed by atoms with Gasteiger partial charge in [-0.05, 0) is 29.1 Å². The molecule has 11 heteroatoms. The lowest BCUT2D eigenvalue weighted by Gasteiger charge is -2.33. The van der Waals surface area contributed by atoms with Gasteiger partial charge < -0.3 is 20.1 Å². The summed E-state index contributed by atoms with van der Waals surface area (Å²) >= 11 is 6.48. The van der Waals surface area contributed by atoms with Crippen LogP contribution in [0.4, 0.5) is 24.7 Å². The van der Waals surface area contributed by atoms with Crippen molar-refractivity contribution in [3.8, 4) is 11.5 Å². The zero-order valence-electron chi connectivity index (χ0n) is 19.8. The number of methoxy groups -OCH3 is 2. The number of carbonyl (C=O) groups is 1. The maximum atomic E-state index is 14.2. The van der Waals surface area contributed by atoms with Crippen LogP contribution in [0.15, 0.2) is 60.7 Å². The highest BCUT2D eigenvalue weighted by molar-refractivity contribution is 6.36. The number of benzene rings is 3. The Morgan fingerprint density at radius 1 is 1.08 bits per heavy atom. The molecule has 0 radical (unpaired) electrons. The fourth-order valence-corrected chi connectivity index (χ4v) is 4.80. The average molecular weight is 531 g/mol. The number of anilines is 2. The molecular formula is C26H22ClF3N4O3. The second kappa shape index (κ2) is 9.51. The van der Waals surface area contributed by atoms with Gasteiger partial charge in [0.25, 0.3) is 5.91 Å². The van der Waals surface area contributed by atoms with Gasteiger partial charge in [0.2, 0.25) is 0 Å². The summed E-state index contributed by atoms with van der Waals surface area (Å²) in [6.07, 6.45) is -5.00. The number of rotatable bonds is 5. The largest absolute Gasteiger partial charge is 0.493 e. The summed E-state index contributed by atoms with van der Waals surface area (Å²) < 4.78 is 53.8. The third-order valence-electron chi connectivity index (χ3n) is 6.36. The van der Waals surface area contributed by atoms with E-state index in [0.29, 0.717) is 22.7 Å². The van der Waals surface area contributed by atoms with Gasteiger partial charge >= 0.3 is 6.18 Å². The van der Waals surface area contributed by atoms with E-state index in [1.54, 1.807) is 30.3 Å². The van der Waals surface area contributed by atoms with Crippen LogP contribution < -0.4 is 20.1 Å². The summed E-state index contributed by atoms with van der Waals surface area (Å²) in [5, 5.41) is 11.3. The molecule has 37 heavy (non-hydrogen) atoms. The van der Waals surface area contributed by atoms with Crippen molar-refractivity contribution < 1.29 is 27.4 Å². The first-order valence-electron chi connectivity index (χ1n) is 11.3. The Kier molecular flexibility index (Phi) is 6.36. The molecule has 0 unspecified atom stereocenters. The molecule has 0 fully saturated rings. The first-order valence-corrected chi connectivity index (χ1v) is 11.7. The van der Waals surface area contributed by atoms with E-state index >= 15 is 0 Å². The summed E-state index contributed by atoms with van der Waals surface area (Å²) in [4.78, 5) is 13.1. The summed E-state index contributed by atoms with van der Waals surface area (Å²) in [6.45, 7) is 0. The minimum Gasteiger partial charge on any atom is -0.493 e. The maximum absolute atomic E-state index is 14.2. The van der Waals surface area contributed by atoms with Gasteiger partial charge in [0.1, 0.15) is 10.8 Å². The quantitative estimate of drug-likeness (QED) is 0.303. The van der Waals surface area contributed by atoms with Crippen molar-refractivity contribution >= 4 is 39.8 Å². The van der Waals surface area contributed by atoms with E-state index in [0.717, 1.165) is 15.5 Å². The highest BCUT2D eigenvalue weighted by atomic mass is 35.5. The topological polar surface area (TPSA) is 77.4 Å². The number of ether oxygens (including phenoxy) is 2. The standard InChI is InChI=1S/C26H22ClF3N4O3/c1-36-19-11-10-15(12-20(19)37-2)18-13-21(26(28,29)30)34-24(31-18)22(27)23(33-34)25(35)32-17-9-5-7-14-6-3-4-8-16(14)17/h3-12,18,21,31H,13H2,1-2H3,(H,32,35)/t18-,21+/m1/s1. The van der Waals surface area contributed by atoms with Gasteiger partial charge in [-0.1, -0.05) is 54.1 Å². The fraction of sp³-hybridized carbons (Fsp3) is 0.231. The molecule has 4 aromatic rings. The molecule has 1 amide bonds. The first kappa shape index (κ1) is 24.8. The van der Waals surface area contributed by atoms with Gasteiger partial charge in [-0.15, -0.1) is 0 Å². The molecule has 192 valence electrons. The van der Waals surface area contributed by atoms with Crippen molar-refractivity contribution in [2.75, 3.05) is 24.9 Å². The van der Waals surface area contributed by atoms with Crippen molar-refractivity contribution in [1.82, 2.24) is 9.78 Å². The van der Waals surface area contributed by atoms with E-state index in [-0.39, 0.29) is 23.0 Å². The number of hydrogen-bond acceptors (Lipinski definition) is 5. The zero-order valence-corrected chi connectivity index (χ0v) is 20.5. The zero-order chi connectivity index (χ0) is 26.3. The molecule has 0 spiro atoms. The first-order chi connectivity index (χ1) is 17.7. The molecule has 1 aliphatic rings. The van der Waals surface area contributed by atoms with Crippen LogP contribution in [0.1, 0.15) is 34.6 Å². The Morgan fingerprint density at radius 2 is 1.81 bits per heavy atom. The van der Waals surface area contributed by atoms with Crippen LogP contribution in [0, 0.1) is 0 Å². The molecule has 2 atom stereocenters. The second-order valence-corrected chi connectivity index (χ2v) is 8.92. The van der Waals surface area contributed by atoms with Gasteiger partial charge in [0, 0.05) is 17.5 Å². The predicted molar refractivity (Wildman–Crippen MR) is 135 cm³/mol. The van der Waals surface area contributed by atoms with E-state index < -0.39 is 24.2 Å². The third kappa shape index (κ3) is 4.53. The normalized spacial score (nSPS) is 17.1. The van der Waals surface area contributed by atoms with Crippen LogP contribution in [-0.4, -0.2) is 36.1 Å². The molecule has 0 bridgehead atoms. The van der Waals surface area contributed by atoms with Crippen molar-refractivity contribution in [2.24, 2.45) is 0 Å². The maximum Gasteiger partial charge on any atom is 0.410 e. The summed E-state index contributed by atoms with van der Waals surface area (Å²) in [6, 6.07) is 14.9. The molecule has 0 saturated heterocycles. The number of alkyl halides is 3. The van der Waals surface area contributed by atoms with E-state index in [1.807, 2.05) is 30.3 Å². The van der Waals surface area contributed by atoms with Gasteiger partial charge in [-0.3, -0.25) is 4.79 Å². The molecule has 5 rings (SSSR count). The van der Waals surface area contributed by atoms with Gasteiger partial charge in [-0.25, -0.2) is 4.68 Å². The number of amides is 1. The number of fused-ring (bicyclic) bond motifs is 2. The Balaban J connectivity index is 1.51. The van der Waals surface area contributed by atoms with Crippen LogP contribution in [-0.2, 0) is 0 Å². The number of aromatic nitrogens is 2. The average Bonchev–Trinajstić information content (AvgIpc) is 3.23. The molecular weight excluding hydrogens is 509 g/mol. The van der Waals surface area contributed by atoms with Crippen LogP contribution in [0.2, 0.25) is 5.02 Å². The van der Waals surface area contributed by atoms with Crippen LogP contribution >= 0.6 is 11.6 Å². The molecule has 3 aromatic carbocycles. The highest BCUT2D eigenvalue weighted by Gasteiger charge is 2.48. The molecule has 0 aliphatic carbocycles. The van der Waals surface area contributed by atoms with Crippen LogP contribution in [0.25, 0.3) is 10.8 Å². The van der Waals surface area contributed by atoms with Crippen molar-refractivity contribution in [3.05, 3.63) is 76.9 Å². The van der Waals surface area contributed by atoms with Crippen molar-refractivity contribution in [2.45, 2.75) is 24.7 Å². The van der Waals surface area contributed by atoms with E-state index in [4.69, 9.17) is 21.1 Å². The molecule has 1 aliphatic heterocycles. The van der Waals surface area contributed by atoms with Crippen molar-refractivity contribution in [3.63, 3.8) is 0 Å². The van der Waals surface area contributed by atoms with Crippen LogP contribution in [0.5, 0.6) is 11.5 Å². The SMILES string of the molecule is COc1ccc([C@H]2C[C@@H](C(F)(F)F)n3nc(C(=O)Nc4cccc5ccccc45)c(Cl)c3N2)cc1OC. The molecule has 7 nitrogen and oxygen atoms in total. The van der Waals surface area contributed by atoms with E-state index in [2.05, 4.69) is 15.7 Å². The second-order valence-electron chi connectivity index (χ2n) is 8.54. The number of hydrogen-bond donors (Lipinski definition) is 2. The lowest BCUT2D eigenvalue weighted by molar-refractivity contribution is -0.173. The highest BCUT2D eigenvalue weighted by Crippen LogP contribution is 2.47. The third-order valence-corrected chi connectivity index (χ3v) is 6.72. The minimum absolute atomic E-state index is 0.0851. The lowest BCUT2D eigenvalue weighted by atomic mass is 9.96. The fourth-order valence-electron chi connectivity index (χ4n) is 4.54. The Labute approximate surface area is 215 Å². The molecule has 1 aromatic heterocycles. The predicted octanol–water partition coefficient (Wildman–Crippen LogP) is 6.62. The number of carbonyl (C=O) groups excluding carboxylic acids is 1. The number of nitrogens with zero attached hydrogens (tertiary/aromatic N) is 2. The number of halogens is 4. The lowest BCUT2D eigenvalue weighted by Crippen LogP contribution is -2.35. The van der Waals surface area contributed by atoms with Gasteiger partial charge in [0.15, 0.2) is 23.2 Å². The molecule has 2 heterocycles. The smallest absolute Gasteiger partial charge is 0.410 e. The Morgan fingerprint density at radius 3 is 2.54 bits per heavy atom. The Bertz CT molecular complexity index is 1480. The van der Waals surface area contributed by atoms with Crippen LogP contribution in [0.3, 0.4) is 0 Å². The minimum atomic E-state index is -4.63. The number of nitrogens with one attached hydrogen (secondary N) is 2. The molecule has 0 saturated carbocycles. The molecule has 2 N–H and O–H groups in total. The van der Waals surface area contributed by atoms with Crippen molar-refractivity contribution in [1.29, 1.82) is 0 Å². The summed E-state index contributed by atoms with van der Waals surface area (Å²) in [5.74, 6) is 0.0299. The summed E-state index contributed by atoms with van der Waals surface area (Å²) in [5.41, 5.74) is 0.727. The monoisotopic (exact) mass is 530 g/mol. The Hall–Kier alpha value is -3.92. The van der Waals surface area contributed by atoms with Gasteiger partial charge in [0.05, 0.1) is 20.3 Å².